The molecule has 2 amide bonds. The van der Waals surface area contributed by atoms with Crippen molar-refractivity contribution in [2.45, 2.75) is 13.8 Å². The predicted octanol–water partition coefficient (Wildman–Crippen LogP) is 2.77. The van der Waals surface area contributed by atoms with Gasteiger partial charge in [-0.15, -0.1) is 0 Å². The molecule has 0 aliphatic rings. The molecule has 0 saturated heterocycles. The minimum atomic E-state index is -0.503. The zero-order chi connectivity index (χ0) is 21.9. The number of hydrogen-bond donors (Lipinski definition) is 2. The molecular formula is C22H27N3O5. The highest BCUT2D eigenvalue weighted by atomic mass is 16.5. The summed E-state index contributed by atoms with van der Waals surface area (Å²) in [7, 11) is 1.53. The Morgan fingerprint density at radius 2 is 1.43 bits per heavy atom. The molecule has 8 nitrogen and oxygen atoms in total. The van der Waals surface area contributed by atoms with E-state index >= 15 is 0 Å². The summed E-state index contributed by atoms with van der Waals surface area (Å²) in [5.74, 6) is -0.543. The Balaban J connectivity index is 1.97. The van der Waals surface area contributed by atoms with Gasteiger partial charge in [-0.1, -0.05) is 31.2 Å². The fourth-order valence-electron chi connectivity index (χ4n) is 2.79. The lowest BCUT2D eigenvalue weighted by atomic mass is 10.2. The van der Waals surface area contributed by atoms with Crippen LogP contribution in [0.4, 0.5) is 11.4 Å². The van der Waals surface area contributed by atoms with Gasteiger partial charge in [0.1, 0.15) is 5.75 Å². The molecule has 0 spiro atoms. The van der Waals surface area contributed by atoms with Gasteiger partial charge in [-0.3, -0.25) is 14.5 Å². The zero-order valence-electron chi connectivity index (χ0n) is 17.4. The molecule has 2 aromatic rings. The Bertz CT molecular complexity index is 885. The molecular weight excluding hydrogens is 386 g/mol. The van der Waals surface area contributed by atoms with Crippen molar-refractivity contribution in [2.24, 2.45) is 0 Å². The lowest BCUT2D eigenvalue weighted by molar-refractivity contribution is -0.119. The van der Waals surface area contributed by atoms with Crippen LogP contribution in [0.15, 0.2) is 48.5 Å². The number of carbonyl (C=O) groups excluding carboxylic acids is 3. The van der Waals surface area contributed by atoms with Crippen molar-refractivity contribution in [1.82, 2.24) is 4.90 Å². The van der Waals surface area contributed by atoms with Crippen molar-refractivity contribution in [3.63, 3.8) is 0 Å². The number of methoxy groups -OCH3 is 1. The van der Waals surface area contributed by atoms with Gasteiger partial charge in [-0.25, -0.2) is 4.79 Å². The van der Waals surface area contributed by atoms with E-state index in [0.717, 1.165) is 0 Å². The third-order valence-corrected chi connectivity index (χ3v) is 4.26. The van der Waals surface area contributed by atoms with Crippen molar-refractivity contribution >= 4 is 29.2 Å². The number of ether oxygens (including phenoxy) is 2. The first-order chi connectivity index (χ1) is 14.5. The van der Waals surface area contributed by atoms with Gasteiger partial charge in [0, 0.05) is 0 Å². The lowest BCUT2D eigenvalue weighted by Gasteiger charge is -2.20. The monoisotopic (exact) mass is 413 g/mol. The molecule has 0 atom stereocenters. The van der Waals surface area contributed by atoms with Gasteiger partial charge >= 0.3 is 5.97 Å². The minimum Gasteiger partial charge on any atom is -0.495 e. The summed E-state index contributed by atoms with van der Waals surface area (Å²) >= 11 is 0. The number of amides is 2. The van der Waals surface area contributed by atoms with Crippen LogP contribution < -0.4 is 15.4 Å². The van der Waals surface area contributed by atoms with E-state index in [9.17, 15) is 14.4 Å². The first kappa shape index (κ1) is 22.9. The van der Waals surface area contributed by atoms with Crippen LogP contribution >= 0.6 is 0 Å². The van der Waals surface area contributed by atoms with E-state index in [1.54, 1.807) is 54.3 Å². The quantitative estimate of drug-likeness (QED) is 0.582. The molecule has 160 valence electrons. The van der Waals surface area contributed by atoms with E-state index < -0.39 is 5.97 Å². The number of hydrogen-bond acceptors (Lipinski definition) is 6. The van der Waals surface area contributed by atoms with Crippen LogP contribution in [-0.4, -0.2) is 56.0 Å². The van der Waals surface area contributed by atoms with Gasteiger partial charge < -0.3 is 20.1 Å². The Hall–Kier alpha value is -3.39. The second-order valence-electron chi connectivity index (χ2n) is 6.37. The standard InChI is InChI=1S/C22H27N3O5/c1-4-25(15-21(27)24-18-12-8-9-13-19(18)29-3)14-20(26)23-17-11-7-6-10-16(17)22(28)30-5-2/h6-13H,4-5,14-15H2,1-3H3,(H,23,26)(H,24,27). The van der Waals surface area contributed by atoms with Crippen LogP contribution in [0.5, 0.6) is 5.75 Å². The van der Waals surface area contributed by atoms with Gasteiger partial charge in [0.05, 0.1) is 43.7 Å². The van der Waals surface area contributed by atoms with E-state index in [4.69, 9.17) is 9.47 Å². The molecule has 2 N–H and O–H groups in total. The molecule has 2 aromatic carbocycles. The summed E-state index contributed by atoms with van der Waals surface area (Å²) in [6.45, 7) is 4.33. The maximum atomic E-state index is 12.5. The number of likely N-dealkylation sites (N-methyl/N-ethyl adjacent to an activating group) is 1. The first-order valence-corrected chi connectivity index (χ1v) is 9.69. The van der Waals surface area contributed by atoms with Crippen LogP contribution in [-0.2, 0) is 14.3 Å². The smallest absolute Gasteiger partial charge is 0.340 e. The number of anilines is 2. The third-order valence-electron chi connectivity index (χ3n) is 4.26. The van der Waals surface area contributed by atoms with Crippen molar-refractivity contribution < 1.29 is 23.9 Å². The number of para-hydroxylation sites is 3. The van der Waals surface area contributed by atoms with Crippen LogP contribution in [0.2, 0.25) is 0 Å². The maximum absolute atomic E-state index is 12.5. The number of rotatable bonds is 10. The van der Waals surface area contributed by atoms with Gasteiger partial charge in [0.25, 0.3) is 0 Å². The predicted molar refractivity (Wildman–Crippen MR) is 115 cm³/mol. The van der Waals surface area contributed by atoms with E-state index in [1.165, 1.54) is 7.11 Å². The molecule has 0 bridgehead atoms. The zero-order valence-corrected chi connectivity index (χ0v) is 17.4. The summed E-state index contributed by atoms with van der Waals surface area (Å²) in [4.78, 5) is 38.6. The molecule has 30 heavy (non-hydrogen) atoms. The third kappa shape index (κ3) is 6.59. The number of nitrogens with zero attached hydrogens (tertiary/aromatic N) is 1. The topological polar surface area (TPSA) is 97.0 Å². The van der Waals surface area contributed by atoms with E-state index in [0.29, 0.717) is 23.7 Å². The highest BCUT2D eigenvalue weighted by Crippen LogP contribution is 2.22. The molecule has 0 saturated carbocycles. The SMILES string of the molecule is CCOC(=O)c1ccccc1NC(=O)CN(CC)CC(=O)Nc1ccccc1OC. The van der Waals surface area contributed by atoms with E-state index in [2.05, 4.69) is 10.6 Å². The van der Waals surface area contributed by atoms with Crippen molar-refractivity contribution in [3.8, 4) is 5.75 Å². The average Bonchev–Trinajstić information content (AvgIpc) is 2.74. The van der Waals surface area contributed by atoms with E-state index in [1.807, 2.05) is 13.0 Å². The Morgan fingerprint density at radius 1 is 0.867 bits per heavy atom. The second-order valence-corrected chi connectivity index (χ2v) is 6.37. The average molecular weight is 413 g/mol. The Kier molecular flexibility index (Phi) is 8.83. The number of carbonyl (C=O) groups is 3. The fourth-order valence-corrected chi connectivity index (χ4v) is 2.79. The molecule has 2 rings (SSSR count). The summed E-state index contributed by atoms with van der Waals surface area (Å²) in [6, 6.07) is 13.7. The van der Waals surface area contributed by atoms with Crippen LogP contribution in [0.1, 0.15) is 24.2 Å². The first-order valence-electron chi connectivity index (χ1n) is 9.69. The molecule has 0 radical (unpaired) electrons. The van der Waals surface area contributed by atoms with Gasteiger partial charge in [-0.2, -0.15) is 0 Å². The molecule has 8 heteroatoms. The highest BCUT2D eigenvalue weighted by Gasteiger charge is 2.17. The van der Waals surface area contributed by atoms with Crippen LogP contribution in [0.3, 0.4) is 0 Å². The number of benzene rings is 2. The second kappa shape index (κ2) is 11.6. The number of nitrogens with one attached hydrogen (secondary N) is 2. The molecule has 0 aliphatic carbocycles. The normalized spacial score (nSPS) is 10.4. The summed E-state index contributed by atoms with van der Waals surface area (Å²) in [5, 5.41) is 5.51. The lowest BCUT2D eigenvalue weighted by Crippen LogP contribution is -2.38. The van der Waals surface area contributed by atoms with Crippen LogP contribution in [0.25, 0.3) is 0 Å². The minimum absolute atomic E-state index is 0.00694. The molecule has 0 heterocycles. The summed E-state index contributed by atoms with van der Waals surface area (Å²) in [5.41, 5.74) is 1.22. The Morgan fingerprint density at radius 3 is 2.03 bits per heavy atom. The van der Waals surface area contributed by atoms with Gasteiger partial charge in [0.2, 0.25) is 11.8 Å². The largest absolute Gasteiger partial charge is 0.495 e. The molecule has 0 aliphatic heterocycles. The molecule has 0 aromatic heterocycles. The summed E-state index contributed by atoms with van der Waals surface area (Å²) in [6.07, 6.45) is 0. The highest BCUT2D eigenvalue weighted by molar-refractivity contribution is 6.02. The fraction of sp³-hybridized carbons (Fsp3) is 0.318. The summed E-state index contributed by atoms with van der Waals surface area (Å²) < 4.78 is 10.2. The van der Waals surface area contributed by atoms with E-state index in [-0.39, 0.29) is 37.1 Å². The van der Waals surface area contributed by atoms with Crippen molar-refractivity contribution in [3.05, 3.63) is 54.1 Å². The molecule has 0 unspecified atom stereocenters. The van der Waals surface area contributed by atoms with Gasteiger partial charge in [-0.05, 0) is 37.7 Å². The van der Waals surface area contributed by atoms with Crippen molar-refractivity contribution in [1.29, 1.82) is 0 Å². The van der Waals surface area contributed by atoms with Gasteiger partial charge in [0.15, 0.2) is 0 Å². The van der Waals surface area contributed by atoms with Crippen LogP contribution in [0, 0.1) is 0 Å². The van der Waals surface area contributed by atoms with Crippen molar-refractivity contribution in [2.75, 3.05) is 44.0 Å². The maximum Gasteiger partial charge on any atom is 0.340 e. The molecule has 0 fully saturated rings. The number of esters is 1. The Labute approximate surface area is 176 Å².